The lowest BCUT2D eigenvalue weighted by molar-refractivity contribution is -0.151. The van der Waals surface area contributed by atoms with Gasteiger partial charge in [0.25, 0.3) is 0 Å². The number of ether oxygens (including phenoxy) is 2. The zero-order chi connectivity index (χ0) is 13.6. The molecular formula is C14H27NO3. The Kier molecular flexibility index (Phi) is 6.09. The van der Waals surface area contributed by atoms with E-state index in [2.05, 4.69) is 19.2 Å². The summed E-state index contributed by atoms with van der Waals surface area (Å²) in [5.41, 5.74) is -0.500. The molecule has 0 saturated heterocycles. The molecule has 1 aliphatic carbocycles. The number of hydrogen-bond donors (Lipinski definition) is 1. The molecule has 1 aliphatic rings. The highest BCUT2D eigenvalue weighted by Gasteiger charge is 2.49. The fourth-order valence-electron chi connectivity index (χ4n) is 3.05. The third kappa shape index (κ3) is 3.45. The summed E-state index contributed by atoms with van der Waals surface area (Å²) in [5.74, 6) is 0.203. The first kappa shape index (κ1) is 15.4. The first-order valence-electron chi connectivity index (χ1n) is 7.00. The first-order valence-corrected chi connectivity index (χ1v) is 7.00. The monoisotopic (exact) mass is 257 g/mol. The van der Waals surface area contributed by atoms with Gasteiger partial charge in [-0.3, -0.25) is 10.1 Å². The fourth-order valence-corrected chi connectivity index (χ4v) is 3.05. The lowest BCUT2D eigenvalue weighted by Crippen LogP contribution is -2.57. The molecule has 0 amide bonds. The van der Waals surface area contributed by atoms with E-state index in [1.54, 1.807) is 0 Å². The SMILES string of the molecule is CCOCCC1CCCC1(NC(C)C)C(=O)OC. The van der Waals surface area contributed by atoms with E-state index in [4.69, 9.17) is 9.47 Å². The van der Waals surface area contributed by atoms with Gasteiger partial charge in [0.2, 0.25) is 0 Å². The molecule has 1 saturated carbocycles. The van der Waals surface area contributed by atoms with Crippen molar-refractivity contribution in [3.8, 4) is 0 Å². The predicted molar refractivity (Wildman–Crippen MR) is 71.5 cm³/mol. The van der Waals surface area contributed by atoms with Crippen LogP contribution < -0.4 is 5.32 Å². The Morgan fingerprint density at radius 1 is 1.50 bits per heavy atom. The average Bonchev–Trinajstić information content (AvgIpc) is 2.72. The first-order chi connectivity index (χ1) is 8.56. The lowest BCUT2D eigenvalue weighted by atomic mass is 9.84. The quantitative estimate of drug-likeness (QED) is 0.560. The van der Waals surface area contributed by atoms with Crippen LogP contribution in [0.15, 0.2) is 0 Å². The maximum Gasteiger partial charge on any atom is 0.326 e. The summed E-state index contributed by atoms with van der Waals surface area (Å²) in [6.45, 7) is 7.59. The third-order valence-electron chi connectivity index (χ3n) is 3.73. The Morgan fingerprint density at radius 2 is 2.22 bits per heavy atom. The second-order valence-electron chi connectivity index (χ2n) is 5.34. The number of nitrogens with one attached hydrogen (secondary N) is 1. The second-order valence-corrected chi connectivity index (χ2v) is 5.34. The van der Waals surface area contributed by atoms with Crippen molar-refractivity contribution in [1.29, 1.82) is 0 Å². The number of hydrogen-bond acceptors (Lipinski definition) is 4. The number of esters is 1. The fraction of sp³-hybridized carbons (Fsp3) is 0.929. The number of carbonyl (C=O) groups is 1. The molecule has 0 aromatic rings. The molecular weight excluding hydrogens is 230 g/mol. The Labute approximate surface area is 110 Å². The Morgan fingerprint density at radius 3 is 2.78 bits per heavy atom. The summed E-state index contributed by atoms with van der Waals surface area (Å²) in [5, 5.41) is 3.45. The van der Waals surface area contributed by atoms with E-state index in [1.807, 2.05) is 6.92 Å². The van der Waals surface area contributed by atoms with Crippen LogP contribution in [0.4, 0.5) is 0 Å². The van der Waals surface area contributed by atoms with Crippen LogP contribution in [-0.4, -0.2) is 37.9 Å². The van der Waals surface area contributed by atoms with Crippen LogP contribution in [-0.2, 0) is 14.3 Å². The van der Waals surface area contributed by atoms with E-state index in [1.165, 1.54) is 7.11 Å². The van der Waals surface area contributed by atoms with Crippen LogP contribution in [0.1, 0.15) is 46.5 Å². The minimum atomic E-state index is -0.500. The zero-order valence-corrected chi connectivity index (χ0v) is 12.1. The van der Waals surface area contributed by atoms with E-state index in [9.17, 15) is 4.79 Å². The van der Waals surface area contributed by atoms with E-state index < -0.39 is 5.54 Å². The van der Waals surface area contributed by atoms with Crippen molar-refractivity contribution in [2.75, 3.05) is 20.3 Å². The number of rotatable bonds is 7. The topological polar surface area (TPSA) is 47.6 Å². The largest absolute Gasteiger partial charge is 0.468 e. The van der Waals surface area contributed by atoms with Gasteiger partial charge in [0, 0.05) is 19.3 Å². The van der Waals surface area contributed by atoms with Gasteiger partial charge in [-0.25, -0.2) is 0 Å². The molecule has 0 radical (unpaired) electrons. The second kappa shape index (κ2) is 7.10. The van der Waals surface area contributed by atoms with E-state index in [0.717, 1.165) is 38.9 Å². The molecule has 2 atom stereocenters. The Hall–Kier alpha value is -0.610. The van der Waals surface area contributed by atoms with Crippen LogP contribution in [0.2, 0.25) is 0 Å². The molecule has 106 valence electrons. The van der Waals surface area contributed by atoms with Crippen molar-refractivity contribution in [2.24, 2.45) is 5.92 Å². The molecule has 1 N–H and O–H groups in total. The van der Waals surface area contributed by atoms with Gasteiger partial charge in [0.05, 0.1) is 7.11 Å². The van der Waals surface area contributed by atoms with Crippen LogP contribution in [0.3, 0.4) is 0 Å². The predicted octanol–water partition coefficient (Wildman–Crippen LogP) is 2.12. The van der Waals surface area contributed by atoms with E-state index in [-0.39, 0.29) is 12.0 Å². The maximum absolute atomic E-state index is 12.2. The normalized spacial score (nSPS) is 27.7. The smallest absolute Gasteiger partial charge is 0.326 e. The molecule has 4 nitrogen and oxygen atoms in total. The van der Waals surface area contributed by atoms with Gasteiger partial charge in [-0.05, 0) is 46.0 Å². The van der Waals surface area contributed by atoms with Gasteiger partial charge in [0.1, 0.15) is 5.54 Å². The molecule has 1 rings (SSSR count). The summed E-state index contributed by atoms with van der Waals surface area (Å²) >= 11 is 0. The minimum Gasteiger partial charge on any atom is -0.468 e. The van der Waals surface area contributed by atoms with Gasteiger partial charge in [-0.15, -0.1) is 0 Å². The summed E-state index contributed by atoms with van der Waals surface area (Å²) in [6, 6.07) is 0.275. The van der Waals surface area contributed by atoms with Gasteiger partial charge in [-0.1, -0.05) is 6.42 Å². The molecule has 0 aliphatic heterocycles. The van der Waals surface area contributed by atoms with Crippen LogP contribution in [0.25, 0.3) is 0 Å². The molecule has 0 bridgehead atoms. The van der Waals surface area contributed by atoms with Crippen molar-refractivity contribution in [3.05, 3.63) is 0 Å². The molecule has 0 heterocycles. The minimum absolute atomic E-state index is 0.116. The van der Waals surface area contributed by atoms with Crippen molar-refractivity contribution in [2.45, 2.75) is 58.0 Å². The maximum atomic E-state index is 12.2. The van der Waals surface area contributed by atoms with Gasteiger partial charge in [0.15, 0.2) is 0 Å². The number of carbonyl (C=O) groups excluding carboxylic acids is 1. The molecule has 1 fully saturated rings. The van der Waals surface area contributed by atoms with Crippen molar-refractivity contribution in [1.82, 2.24) is 5.32 Å². The van der Waals surface area contributed by atoms with Crippen molar-refractivity contribution in [3.63, 3.8) is 0 Å². The Bertz CT molecular complexity index is 268. The highest BCUT2D eigenvalue weighted by molar-refractivity contribution is 5.81. The molecule has 0 aromatic heterocycles. The van der Waals surface area contributed by atoms with E-state index >= 15 is 0 Å². The van der Waals surface area contributed by atoms with Crippen LogP contribution >= 0.6 is 0 Å². The summed E-state index contributed by atoms with van der Waals surface area (Å²) in [6.07, 6.45) is 3.94. The zero-order valence-electron chi connectivity index (χ0n) is 12.1. The third-order valence-corrected chi connectivity index (χ3v) is 3.73. The number of methoxy groups -OCH3 is 1. The highest BCUT2D eigenvalue weighted by Crippen LogP contribution is 2.39. The van der Waals surface area contributed by atoms with Crippen molar-refractivity contribution >= 4 is 5.97 Å². The standard InChI is InChI=1S/C14H27NO3/c1-5-18-10-8-12-7-6-9-14(12,13(16)17-4)15-11(2)3/h11-12,15H,5-10H2,1-4H3. The molecule has 4 heteroatoms. The van der Waals surface area contributed by atoms with Gasteiger partial charge in [-0.2, -0.15) is 0 Å². The molecule has 2 unspecified atom stereocenters. The van der Waals surface area contributed by atoms with E-state index in [0.29, 0.717) is 5.92 Å². The van der Waals surface area contributed by atoms with Crippen LogP contribution in [0, 0.1) is 5.92 Å². The molecule has 0 aromatic carbocycles. The lowest BCUT2D eigenvalue weighted by Gasteiger charge is -2.35. The van der Waals surface area contributed by atoms with Crippen LogP contribution in [0.5, 0.6) is 0 Å². The van der Waals surface area contributed by atoms with Crippen molar-refractivity contribution < 1.29 is 14.3 Å². The molecule has 18 heavy (non-hydrogen) atoms. The summed E-state index contributed by atoms with van der Waals surface area (Å²) < 4.78 is 10.5. The molecule has 0 spiro atoms. The summed E-state index contributed by atoms with van der Waals surface area (Å²) in [7, 11) is 1.48. The highest BCUT2D eigenvalue weighted by atomic mass is 16.5. The average molecular weight is 257 g/mol. The van der Waals surface area contributed by atoms with Gasteiger partial charge < -0.3 is 9.47 Å². The Balaban J connectivity index is 2.75. The van der Waals surface area contributed by atoms with Gasteiger partial charge >= 0.3 is 5.97 Å². The summed E-state index contributed by atoms with van der Waals surface area (Å²) in [4.78, 5) is 12.2.